The highest BCUT2D eigenvalue weighted by Gasteiger charge is 2.61. The van der Waals surface area contributed by atoms with Crippen molar-refractivity contribution in [3.8, 4) is 0 Å². The molecule has 3 saturated carbocycles. The Bertz CT molecular complexity index is 378. The van der Waals surface area contributed by atoms with Gasteiger partial charge in [0, 0.05) is 12.6 Å². The summed E-state index contributed by atoms with van der Waals surface area (Å²) in [5.74, 6) is 0.806. The maximum absolute atomic E-state index is 10.2. The molecule has 4 atom stereocenters. The Morgan fingerprint density at radius 1 is 1.14 bits per heavy atom. The monoisotopic (exact) mass is 309 g/mol. The first-order valence-corrected chi connectivity index (χ1v) is 9.46. The summed E-state index contributed by atoms with van der Waals surface area (Å²) < 4.78 is 6.19. The Balaban J connectivity index is 1.41. The standard InChI is InChI=1S/C19H35NO2/c1-18(2)14-9-10-19(18,3)17(11-14)22-13-16(21)12-20-15-7-5-4-6-8-15/h14-17,20-21H,4-13H2,1-3H3/t14-,16+,17+,19-/m0/s1. The number of aliphatic hydroxyl groups is 1. The van der Waals surface area contributed by atoms with E-state index in [1.165, 1.54) is 51.4 Å². The van der Waals surface area contributed by atoms with Crippen LogP contribution in [-0.2, 0) is 4.74 Å². The number of ether oxygens (including phenoxy) is 1. The first kappa shape index (κ1) is 16.7. The maximum Gasteiger partial charge on any atom is 0.0897 e. The Morgan fingerprint density at radius 2 is 1.86 bits per heavy atom. The third-order valence-electron chi connectivity index (χ3n) is 7.45. The predicted molar refractivity (Wildman–Crippen MR) is 89.9 cm³/mol. The fraction of sp³-hybridized carbons (Fsp3) is 1.00. The van der Waals surface area contributed by atoms with Crippen LogP contribution >= 0.6 is 0 Å². The van der Waals surface area contributed by atoms with Crippen LogP contribution in [-0.4, -0.2) is 36.5 Å². The molecular weight excluding hydrogens is 274 g/mol. The smallest absolute Gasteiger partial charge is 0.0897 e. The molecular formula is C19H35NO2. The van der Waals surface area contributed by atoms with Crippen LogP contribution in [0.2, 0.25) is 0 Å². The molecule has 0 amide bonds. The van der Waals surface area contributed by atoms with Gasteiger partial charge in [0.1, 0.15) is 0 Å². The number of rotatable bonds is 6. The molecule has 22 heavy (non-hydrogen) atoms. The molecule has 3 nitrogen and oxygen atoms in total. The minimum absolute atomic E-state index is 0.300. The average Bonchev–Trinajstić information content (AvgIpc) is 2.85. The number of nitrogens with one attached hydrogen (secondary N) is 1. The summed E-state index contributed by atoms with van der Waals surface area (Å²) in [6, 6.07) is 0.613. The number of hydrogen-bond donors (Lipinski definition) is 2. The summed E-state index contributed by atoms with van der Waals surface area (Å²) in [5.41, 5.74) is 0.692. The summed E-state index contributed by atoms with van der Waals surface area (Å²) in [4.78, 5) is 0. The van der Waals surface area contributed by atoms with Crippen molar-refractivity contribution in [3.05, 3.63) is 0 Å². The van der Waals surface area contributed by atoms with Crippen LogP contribution in [0.15, 0.2) is 0 Å². The quantitative estimate of drug-likeness (QED) is 0.789. The third kappa shape index (κ3) is 2.97. The molecule has 0 spiro atoms. The highest BCUT2D eigenvalue weighted by Crippen LogP contribution is 2.66. The molecule has 0 unspecified atom stereocenters. The molecule has 128 valence electrons. The van der Waals surface area contributed by atoms with Crippen LogP contribution in [0.3, 0.4) is 0 Å². The van der Waals surface area contributed by atoms with Crippen molar-refractivity contribution in [2.45, 2.75) is 90.4 Å². The van der Waals surface area contributed by atoms with Gasteiger partial charge >= 0.3 is 0 Å². The van der Waals surface area contributed by atoms with Gasteiger partial charge in [-0.05, 0) is 48.9 Å². The van der Waals surface area contributed by atoms with E-state index in [1.807, 2.05) is 0 Å². The molecule has 2 bridgehead atoms. The van der Waals surface area contributed by atoms with Gasteiger partial charge in [-0.1, -0.05) is 40.0 Å². The molecule has 0 aromatic carbocycles. The Morgan fingerprint density at radius 3 is 2.45 bits per heavy atom. The number of hydrogen-bond acceptors (Lipinski definition) is 3. The van der Waals surface area contributed by atoms with Crippen LogP contribution in [0.25, 0.3) is 0 Å². The molecule has 3 aliphatic rings. The normalized spacial score (nSPS) is 39.3. The summed E-state index contributed by atoms with van der Waals surface area (Å²) in [6.07, 6.45) is 10.4. The van der Waals surface area contributed by atoms with Crippen LogP contribution in [0, 0.1) is 16.7 Å². The van der Waals surface area contributed by atoms with Crippen LogP contribution < -0.4 is 5.32 Å². The average molecular weight is 309 g/mol. The topological polar surface area (TPSA) is 41.5 Å². The molecule has 3 fully saturated rings. The fourth-order valence-corrected chi connectivity index (χ4v) is 5.28. The number of aliphatic hydroxyl groups excluding tert-OH is 1. The molecule has 0 aliphatic heterocycles. The van der Waals surface area contributed by atoms with Crippen molar-refractivity contribution in [1.29, 1.82) is 0 Å². The van der Waals surface area contributed by atoms with E-state index in [9.17, 15) is 5.11 Å². The molecule has 0 aromatic rings. The van der Waals surface area contributed by atoms with E-state index < -0.39 is 0 Å². The van der Waals surface area contributed by atoms with Crippen molar-refractivity contribution in [1.82, 2.24) is 5.32 Å². The second-order valence-electron chi connectivity index (χ2n) is 8.83. The molecule has 3 rings (SSSR count). The maximum atomic E-state index is 10.2. The van der Waals surface area contributed by atoms with Gasteiger partial charge in [-0.25, -0.2) is 0 Å². The van der Waals surface area contributed by atoms with Crippen molar-refractivity contribution in [3.63, 3.8) is 0 Å². The van der Waals surface area contributed by atoms with Gasteiger partial charge in [0.05, 0.1) is 18.8 Å². The zero-order chi connectivity index (χ0) is 15.8. The summed E-state index contributed by atoms with van der Waals surface area (Å²) >= 11 is 0. The third-order valence-corrected chi connectivity index (χ3v) is 7.45. The molecule has 0 heterocycles. The van der Waals surface area contributed by atoms with Gasteiger partial charge in [0.25, 0.3) is 0 Å². The van der Waals surface area contributed by atoms with Crippen molar-refractivity contribution < 1.29 is 9.84 Å². The highest BCUT2D eigenvalue weighted by molar-refractivity contribution is 5.11. The van der Waals surface area contributed by atoms with E-state index in [4.69, 9.17) is 4.74 Å². The minimum Gasteiger partial charge on any atom is -0.389 e. The van der Waals surface area contributed by atoms with E-state index >= 15 is 0 Å². The number of fused-ring (bicyclic) bond motifs is 2. The second kappa shape index (κ2) is 6.41. The van der Waals surface area contributed by atoms with Crippen molar-refractivity contribution >= 4 is 0 Å². The summed E-state index contributed by atoms with van der Waals surface area (Å²) in [5, 5.41) is 13.8. The SMILES string of the molecule is CC1(C)[C@H]2CC[C@@]1(C)[C@H](OC[C@H](O)CNC1CCCCC1)C2. The van der Waals surface area contributed by atoms with Gasteiger partial charge in [-0.3, -0.25) is 0 Å². The second-order valence-corrected chi connectivity index (χ2v) is 8.83. The van der Waals surface area contributed by atoms with Gasteiger partial charge in [-0.15, -0.1) is 0 Å². The first-order chi connectivity index (χ1) is 10.4. The molecule has 3 heteroatoms. The highest BCUT2D eigenvalue weighted by atomic mass is 16.5. The van der Waals surface area contributed by atoms with E-state index in [-0.39, 0.29) is 6.10 Å². The van der Waals surface area contributed by atoms with Gasteiger partial charge in [0.15, 0.2) is 0 Å². The van der Waals surface area contributed by atoms with E-state index in [1.54, 1.807) is 0 Å². The Kier molecular flexibility index (Phi) is 4.87. The molecule has 3 aliphatic carbocycles. The lowest BCUT2D eigenvalue weighted by molar-refractivity contribution is -0.0745. The van der Waals surface area contributed by atoms with Crippen LogP contribution in [0.5, 0.6) is 0 Å². The Labute approximate surface area is 136 Å². The van der Waals surface area contributed by atoms with E-state index in [2.05, 4.69) is 26.1 Å². The molecule has 2 N–H and O–H groups in total. The minimum atomic E-state index is -0.368. The van der Waals surface area contributed by atoms with Crippen molar-refractivity contribution in [2.24, 2.45) is 16.7 Å². The van der Waals surface area contributed by atoms with Crippen molar-refractivity contribution in [2.75, 3.05) is 13.2 Å². The predicted octanol–water partition coefficient (Wildman–Crippen LogP) is 3.50. The fourth-order valence-electron chi connectivity index (χ4n) is 5.28. The zero-order valence-electron chi connectivity index (χ0n) is 14.7. The lowest BCUT2D eigenvalue weighted by Gasteiger charge is -2.39. The van der Waals surface area contributed by atoms with E-state index in [0.717, 1.165) is 5.92 Å². The molecule has 0 aromatic heterocycles. The largest absolute Gasteiger partial charge is 0.389 e. The van der Waals surface area contributed by atoms with Gasteiger partial charge in [0.2, 0.25) is 0 Å². The lowest BCUT2D eigenvalue weighted by Crippen LogP contribution is -2.41. The van der Waals surface area contributed by atoms with Crippen LogP contribution in [0.4, 0.5) is 0 Å². The van der Waals surface area contributed by atoms with Gasteiger partial charge in [-0.2, -0.15) is 0 Å². The molecule has 0 radical (unpaired) electrons. The zero-order valence-corrected chi connectivity index (χ0v) is 14.7. The van der Waals surface area contributed by atoms with Gasteiger partial charge < -0.3 is 15.2 Å². The first-order valence-electron chi connectivity index (χ1n) is 9.46. The molecule has 0 saturated heterocycles. The van der Waals surface area contributed by atoms with E-state index in [0.29, 0.717) is 36.1 Å². The van der Waals surface area contributed by atoms with Crippen LogP contribution in [0.1, 0.15) is 72.1 Å². The lowest BCUT2D eigenvalue weighted by atomic mass is 9.70. The summed E-state index contributed by atoms with van der Waals surface area (Å²) in [7, 11) is 0. The Hall–Kier alpha value is -0.120. The summed E-state index contributed by atoms with van der Waals surface area (Å²) in [6.45, 7) is 8.39.